The summed E-state index contributed by atoms with van der Waals surface area (Å²) in [5.41, 5.74) is 10.2. The fourth-order valence-electron chi connectivity index (χ4n) is 5.85. The number of nitrogens with one attached hydrogen (secondary N) is 2. The lowest BCUT2D eigenvalue weighted by molar-refractivity contribution is -0.130. The number of aliphatic hydroxyl groups excluding tert-OH is 1. The Hall–Kier alpha value is -4.96. The smallest absolute Gasteiger partial charge is 0.266 e. The first-order chi connectivity index (χ1) is 24.0. The Morgan fingerprint density at radius 2 is 1.53 bits per heavy atom. The minimum Gasteiger partial charge on any atom is -0.496 e. The van der Waals surface area contributed by atoms with Crippen LogP contribution in [-0.4, -0.2) is 42.8 Å². The van der Waals surface area contributed by atoms with Crippen LogP contribution in [0.4, 0.5) is 0 Å². The Morgan fingerprint density at radius 3 is 2.24 bits per heavy atom. The van der Waals surface area contributed by atoms with Crippen LogP contribution in [0.2, 0.25) is 0 Å². The number of para-hydroxylation sites is 1. The van der Waals surface area contributed by atoms with Crippen LogP contribution in [0.1, 0.15) is 34.8 Å². The van der Waals surface area contributed by atoms with E-state index in [1.807, 2.05) is 115 Å². The first-order valence-electron chi connectivity index (χ1n) is 16.1. The van der Waals surface area contributed by atoms with Gasteiger partial charge in [-0.2, -0.15) is 0 Å². The van der Waals surface area contributed by atoms with Crippen molar-refractivity contribution in [2.24, 2.45) is 4.99 Å². The lowest BCUT2D eigenvalue weighted by atomic mass is 9.82. The minimum atomic E-state index is -1.37. The number of methoxy groups -OCH3 is 1. The van der Waals surface area contributed by atoms with Gasteiger partial charge in [-0.05, 0) is 64.7 Å². The average Bonchev–Trinajstić information content (AvgIpc) is 3.54. The zero-order valence-corrected chi connectivity index (χ0v) is 28.7. The van der Waals surface area contributed by atoms with Crippen LogP contribution in [0.3, 0.4) is 0 Å². The van der Waals surface area contributed by atoms with Gasteiger partial charge in [-0.15, -0.1) is 0 Å². The maximum Gasteiger partial charge on any atom is 0.266 e. The first-order valence-corrected chi connectivity index (χ1v) is 16.9. The molecule has 2 atom stereocenters. The second-order valence-corrected chi connectivity index (χ2v) is 12.6. The zero-order chi connectivity index (χ0) is 34.1. The summed E-state index contributed by atoms with van der Waals surface area (Å²) in [6.07, 6.45) is 0.0741. The fraction of sp³-hybridized carbons (Fsp3) is 0.200. The van der Waals surface area contributed by atoms with E-state index in [0.717, 1.165) is 38.0 Å². The van der Waals surface area contributed by atoms with Crippen molar-refractivity contribution in [1.82, 2.24) is 10.9 Å². The summed E-state index contributed by atoms with van der Waals surface area (Å²) in [6, 6.07) is 41.2. The van der Waals surface area contributed by atoms with Crippen LogP contribution < -0.4 is 20.3 Å². The Balaban J connectivity index is 1.37. The normalized spacial score (nSPS) is 16.8. The number of halogens is 1. The number of hydrogen-bond acceptors (Lipinski definition) is 7. The number of carbonyl (C=O) groups excluding carboxylic acids is 1. The maximum atomic E-state index is 14.6. The zero-order valence-electron chi connectivity index (χ0n) is 27.1. The van der Waals surface area contributed by atoms with Crippen LogP contribution in [0.15, 0.2) is 137 Å². The van der Waals surface area contributed by atoms with Crippen molar-refractivity contribution in [2.75, 3.05) is 20.3 Å². The third-order valence-electron chi connectivity index (χ3n) is 8.41. The van der Waals surface area contributed by atoms with Crippen molar-refractivity contribution in [3.8, 4) is 22.6 Å². The standard InChI is InChI=1S/C40H38BrN3O5/c1-47-36-11-6-5-10-33(36)27-42-44-39(46)40(26-28-12-20-34(41)21-13-28)37(31-16-14-30(15-17-31)29-8-3-2-4-9-29)49-38(43-40)32-18-22-35(23-19-32)48-25-7-24-45/h2-6,8-23,37,42,45H,7,24-27H2,1H3,(H,44,46)/t37-,40-/m0/s1. The van der Waals surface area contributed by atoms with Crippen molar-refractivity contribution >= 4 is 27.7 Å². The summed E-state index contributed by atoms with van der Waals surface area (Å²) in [7, 11) is 1.62. The molecule has 0 unspecified atom stereocenters. The molecule has 0 saturated heterocycles. The van der Waals surface area contributed by atoms with Gasteiger partial charge in [-0.3, -0.25) is 10.2 Å². The summed E-state index contributed by atoms with van der Waals surface area (Å²) in [6.45, 7) is 0.815. The molecule has 49 heavy (non-hydrogen) atoms. The minimum absolute atomic E-state index is 0.0622. The lowest BCUT2D eigenvalue weighted by Gasteiger charge is -2.31. The molecule has 250 valence electrons. The highest BCUT2D eigenvalue weighted by molar-refractivity contribution is 9.10. The molecule has 1 heterocycles. The van der Waals surface area contributed by atoms with Crippen molar-refractivity contribution < 1.29 is 24.1 Å². The van der Waals surface area contributed by atoms with E-state index in [-0.39, 0.29) is 18.9 Å². The Bertz CT molecular complexity index is 1870. The number of carbonyl (C=O) groups is 1. The van der Waals surface area contributed by atoms with Crippen molar-refractivity contribution in [3.63, 3.8) is 0 Å². The number of rotatable bonds is 14. The van der Waals surface area contributed by atoms with Crippen molar-refractivity contribution in [1.29, 1.82) is 0 Å². The van der Waals surface area contributed by atoms with Gasteiger partial charge in [0, 0.05) is 41.6 Å². The van der Waals surface area contributed by atoms with E-state index in [9.17, 15) is 4.79 Å². The average molecular weight is 721 g/mol. The fourth-order valence-corrected chi connectivity index (χ4v) is 6.12. The molecule has 3 N–H and O–H groups in total. The monoisotopic (exact) mass is 719 g/mol. The van der Waals surface area contributed by atoms with Gasteiger partial charge >= 0.3 is 0 Å². The molecule has 0 aromatic heterocycles. The van der Waals surface area contributed by atoms with Crippen LogP contribution in [0, 0.1) is 0 Å². The summed E-state index contributed by atoms with van der Waals surface area (Å²) in [4.78, 5) is 19.7. The second kappa shape index (κ2) is 16.0. The molecule has 5 aromatic rings. The van der Waals surface area contributed by atoms with Crippen LogP contribution >= 0.6 is 15.9 Å². The van der Waals surface area contributed by atoms with E-state index in [1.165, 1.54) is 0 Å². The number of ether oxygens (including phenoxy) is 3. The molecule has 0 spiro atoms. The topological polar surface area (TPSA) is 101 Å². The van der Waals surface area contributed by atoms with E-state index >= 15 is 0 Å². The van der Waals surface area contributed by atoms with Gasteiger partial charge in [0.2, 0.25) is 5.90 Å². The highest BCUT2D eigenvalue weighted by Crippen LogP contribution is 2.43. The van der Waals surface area contributed by atoms with Gasteiger partial charge < -0.3 is 19.3 Å². The number of benzene rings is 5. The maximum absolute atomic E-state index is 14.6. The third-order valence-corrected chi connectivity index (χ3v) is 8.94. The quantitative estimate of drug-likeness (QED) is 0.0829. The van der Waals surface area contributed by atoms with E-state index in [4.69, 9.17) is 24.3 Å². The van der Waals surface area contributed by atoms with Crippen molar-refractivity contribution in [2.45, 2.75) is 31.0 Å². The molecule has 6 rings (SSSR count). The molecule has 1 amide bonds. The number of hydrazine groups is 1. The van der Waals surface area contributed by atoms with Gasteiger partial charge in [0.25, 0.3) is 5.91 Å². The van der Waals surface area contributed by atoms with Gasteiger partial charge in [-0.1, -0.05) is 101 Å². The molecule has 0 fully saturated rings. The predicted octanol–water partition coefficient (Wildman–Crippen LogP) is 7.21. The molecule has 9 heteroatoms. The molecular weight excluding hydrogens is 682 g/mol. The molecule has 8 nitrogen and oxygen atoms in total. The molecule has 0 aliphatic carbocycles. The number of hydrogen-bond donors (Lipinski definition) is 3. The summed E-state index contributed by atoms with van der Waals surface area (Å²) >= 11 is 3.53. The van der Waals surface area contributed by atoms with Crippen molar-refractivity contribution in [3.05, 3.63) is 154 Å². The largest absolute Gasteiger partial charge is 0.496 e. The molecule has 0 bridgehead atoms. The Morgan fingerprint density at radius 1 is 0.857 bits per heavy atom. The highest BCUT2D eigenvalue weighted by Gasteiger charge is 2.53. The van der Waals surface area contributed by atoms with Gasteiger partial charge in [0.1, 0.15) is 11.5 Å². The molecular formula is C40H38BrN3O5. The van der Waals surface area contributed by atoms with Gasteiger partial charge in [-0.25, -0.2) is 10.4 Å². The second-order valence-electron chi connectivity index (χ2n) is 11.7. The Labute approximate surface area is 294 Å². The van der Waals surface area contributed by atoms with E-state index in [2.05, 4.69) is 38.9 Å². The van der Waals surface area contributed by atoms with Crippen LogP contribution in [0.5, 0.6) is 11.5 Å². The van der Waals surface area contributed by atoms with E-state index < -0.39 is 11.6 Å². The number of aliphatic hydroxyl groups is 1. The molecule has 1 aliphatic heterocycles. The predicted molar refractivity (Wildman–Crippen MR) is 194 cm³/mol. The highest BCUT2D eigenvalue weighted by atomic mass is 79.9. The molecule has 0 saturated carbocycles. The lowest BCUT2D eigenvalue weighted by Crippen LogP contribution is -2.53. The Kier molecular flexibility index (Phi) is 11.0. The summed E-state index contributed by atoms with van der Waals surface area (Å²) in [5.74, 6) is 1.42. The van der Waals surface area contributed by atoms with Gasteiger partial charge in [0.05, 0.1) is 13.7 Å². The number of nitrogens with zero attached hydrogens (tertiary/aromatic N) is 1. The number of amides is 1. The van der Waals surface area contributed by atoms with Crippen LogP contribution in [0.25, 0.3) is 11.1 Å². The molecule has 5 aromatic carbocycles. The van der Waals surface area contributed by atoms with E-state index in [1.54, 1.807) is 7.11 Å². The first kappa shape index (κ1) is 33.9. The number of aliphatic imine (C=N–C) groups is 1. The summed E-state index contributed by atoms with van der Waals surface area (Å²) < 4.78 is 18.9. The SMILES string of the molecule is COc1ccccc1CNNC(=O)[C@@]1(Cc2ccc(Br)cc2)N=C(c2ccc(OCCCO)cc2)O[C@H]1c1ccc(-c2ccccc2)cc1. The molecule has 1 aliphatic rings. The van der Waals surface area contributed by atoms with E-state index in [0.29, 0.717) is 36.8 Å². The van der Waals surface area contributed by atoms with Crippen LogP contribution in [-0.2, 0) is 22.5 Å². The summed E-state index contributed by atoms with van der Waals surface area (Å²) in [5, 5.41) is 9.12. The third kappa shape index (κ3) is 8.03. The van der Waals surface area contributed by atoms with Gasteiger partial charge in [0.15, 0.2) is 11.6 Å². The molecule has 0 radical (unpaired) electrons.